The second-order valence-corrected chi connectivity index (χ2v) is 8.52. The van der Waals surface area contributed by atoms with Crippen molar-refractivity contribution in [3.05, 3.63) is 117 Å². The summed E-state index contributed by atoms with van der Waals surface area (Å²) in [6, 6.07) is 29.8. The van der Waals surface area contributed by atoms with Crippen LogP contribution in [-0.2, 0) is 0 Å². The molecule has 0 aliphatic heterocycles. The van der Waals surface area contributed by atoms with E-state index in [-0.39, 0.29) is 5.69 Å². The van der Waals surface area contributed by atoms with E-state index in [0.29, 0.717) is 15.9 Å². The van der Waals surface area contributed by atoms with E-state index in [1.807, 2.05) is 60.7 Å². The second-order valence-electron chi connectivity index (χ2n) is 7.68. The van der Waals surface area contributed by atoms with Gasteiger partial charge in [-0.25, -0.2) is 4.98 Å². The van der Waals surface area contributed by atoms with Gasteiger partial charge in [0.1, 0.15) is 5.82 Å². The molecule has 166 valence electrons. The Hall–Kier alpha value is -3.93. The summed E-state index contributed by atoms with van der Waals surface area (Å²) in [7, 11) is 0. The third-order valence-electron chi connectivity index (χ3n) is 5.52. The van der Waals surface area contributed by atoms with Gasteiger partial charge in [-0.15, -0.1) is 0 Å². The van der Waals surface area contributed by atoms with Crippen LogP contribution in [0.5, 0.6) is 0 Å². The number of nitrogens with zero attached hydrogens (tertiary/aromatic N) is 2. The molecule has 0 fully saturated rings. The first kappa shape index (κ1) is 21.9. The minimum Gasteiger partial charge on any atom is -0.337 e. The monoisotopic (exact) mass is 485 g/mol. The Kier molecular flexibility index (Phi) is 5.88. The zero-order chi connectivity index (χ0) is 23.7. The number of H-pyrrole nitrogens is 1. The number of hydrogen-bond acceptors (Lipinski definition) is 3. The quantitative estimate of drug-likeness (QED) is 0.201. The SMILES string of the molecule is O=[N+]([O-])c1ccc(-c2ccc(-c3[nH]c(-c4ccc(Cl)cc4Cl)nc3-c3ccccc3)cc2)cc1. The van der Waals surface area contributed by atoms with Crippen LogP contribution in [0.2, 0.25) is 10.0 Å². The number of rotatable bonds is 5. The van der Waals surface area contributed by atoms with Crippen LogP contribution < -0.4 is 0 Å². The molecule has 0 unspecified atom stereocenters. The summed E-state index contributed by atoms with van der Waals surface area (Å²) in [4.78, 5) is 18.8. The van der Waals surface area contributed by atoms with Crippen molar-refractivity contribution in [2.24, 2.45) is 0 Å². The van der Waals surface area contributed by atoms with E-state index >= 15 is 0 Å². The number of nitro groups is 1. The van der Waals surface area contributed by atoms with Crippen molar-refractivity contribution < 1.29 is 4.92 Å². The molecular weight excluding hydrogens is 469 g/mol. The van der Waals surface area contributed by atoms with Gasteiger partial charge in [0.05, 0.1) is 21.3 Å². The van der Waals surface area contributed by atoms with Crippen LogP contribution in [0.1, 0.15) is 0 Å². The fourth-order valence-corrected chi connectivity index (χ4v) is 4.30. The summed E-state index contributed by atoms with van der Waals surface area (Å²) < 4.78 is 0. The highest BCUT2D eigenvalue weighted by molar-refractivity contribution is 6.36. The maximum Gasteiger partial charge on any atom is 0.269 e. The highest BCUT2D eigenvalue weighted by Gasteiger charge is 2.17. The van der Waals surface area contributed by atoms with E-state index in [0.717, 1.165) is 39.2 Å². The standard InChI is InChI=1S/C27H17Cl2N3O2/c28-21-12-15-23(24(29)16-21)27-30-25(19-4-2-1-3-5-19)26(31-27)20-8-6-17(7-9-20)18-10-13-22(14-11-18)32(33)34/h1-16H,(H,30,31). The molecule has 1 aromatic heterocycles. The van der Waals surface area contributed by atoms with Crippen LogP contribution in [-0.4, -0.2) is 14.9 Å². The van der Waals surface area contributed by atoms with E-state index in [1.165, 1.54) is 12.1 Å². The lowest BCUT2D eigenvalue weighted by molar-refractivity contribution is -0.384. The van der Waals surface area contributed by atoms with E-state index in [2.05, 4.69) is 4.98 Å². The Morgan fingerprint density at radius 3 is 1.97 bits per heavy atom. The maximum atomic E-state index is 10.9. The maximum absolute atomic E-state index is 10.9. The van der Waals surface area contributed by atoms with E-state index in [9.17, 15) is 10.1 Å². The van der Waals surface area contributed by atoms with Crippen LogP contribution >= 0.6 is 23.2 Å². The van der Waals surface area contributed by atoms with Crippen molar-refractivity contribution in [3.8, 4) is 45.0 Å². The Morgan fingerprint density at radius 2 is 1.35 bits per heavy atom. The van der Waals surface area contributed by atoms with E-state index < -0.39 is 4.92 Å². The molecule has 5 rings (SSSR count). The summed E-state index contributed by atoms with van der Waals surface area (Å²) in [5.41, 5.74) is 6.29. The second kappa shape index (κ2) is 9.14. The summed E-state index contributed by atoms with van der Waals surface area (Å²) >= 11 is 12.5. The average Bonchev–Trinajstić information content (AvgIpc) is 3.30. The lowest BCUT2D eigenvalue weighted by Crippen LogP contribution is -1.87. The van der Waals surface area contributed by atoms with Crippen molar-refractivity contribution >= 4 is 28.9 Å². The zero-order valence-corrected chi connectivity index (χ0v) is 19.2. The van der Waals surface area contributed by atoms with Crippen molar-refractivity contribution in [1.29, 1.82) is 0 Å². The minimum absolute atomic E-state index is 0.0683. The topological polar surface area (TPSA) is 71.8 Å². The van der Waals surface area contributed by atoms with Crippen molar-refractivity contribution in [1.82, 2.24) is 9.97 Å². The molecule has 0 atom stereocenters. The predicted molar refractivity (Wildman–Crippen MR) is 137 cm³/mol. The number of halogens is 2. The molecule has 0 amide bonds. The Labute approximate surface area is 205 Å². The molecule has 4 aromatic carbocycles. The van der Waals surface area contributed by atoms with Gasteiger partial charge in [-0.1, -0.05) is 77.8 Å². The molecule has 0 saturated carbocycles. The molecule has 5 aromatic rings. The van der Waals surface area contributed by atoms with Gasteiger partial charge in [-0.05, 0) is 41.5 Å². The van der Waals surface area contributed by atoms with Gasteiger partial charge in [0.25, 0.3) is 5.69 Å². The smallest absolute Gasteiger partial charge is 0.269 e. The average molecular weight is 486 g/mol. The molecule has 0 aliphatic rings. The van der Waals surface area contributed by atoms with Crippen LogP contribution in [0.25, 0.3) is 45.0 Å². The van der Waals surface area contributed by atoms with Gasteiger partial charge in [0.2, 0.25) is 0 Å². The number of benzene rings is 4. The summed E-state index contributed by atoms with van der Waals surface area (Å²) in [5.74, 6) is 0.648. The Bertz CT molecular complexity index is 1480. The van der Waals surface area contributed by atoms with Gasteiger partial charge in [-0.3, -0.25) is 10.1 Å². The van der Waals surface area contributed by atoms with Gasteiger partial charge >= 0.3 is 0 Å². The Morgan fingerprint density at radius 1 is 0.735 bits per heavy atom. The molecule has 0 spiro atoms. The van der Waals surface area contributed by atoms with Crippen LogP contribution in [0.4, 0.5) is 5.69 Å². The number of non-ortho nitro benzene ring substituents is 1. The van der Waals surface area contributed by atoms with Crippen molar-refractivity contribution in [2.75, 3.05) is 0 Å². The molecule has 7 heteroatoms. The third kappa shape index (κ3) is 4.31. The predicted octanol–water partition coefficient (Wildman–Crippen LogP) is 8.29. The van der Waals surface area contributed by atoms with Crippen LogP contribution in [0.3, 0.4) is 0 Å². The largest absolute Gasteiger partial charge is 0.337 e. The number of nitrogens with one attached hydrogen (secondary N) is 1. The lowest BCUT2D eigenvalue weighted by atomic mass is 10.0. The van der Waals surface area contributed by atoms with Crippen molar-refractivity contribution in [2.45, 2.75) is 0 Å². The zero-order valence-electron chi connectivity index (χ0n) is 17.7. The summed E-state index contributed by atoms with van der Waals surface area (Å²) in [6.45, 7) is 0. The first-order valence-corrected chi connectivity index (χ1v) is 11.2. The van der Waals surface area contributed by atoms with Crippen molar-refractivity contribution in [3.63, 3.8) is 0 Å². The number of aromatic nitrogens is 2. The molecule has 5 nitrogen and oxygen atoms in total. The van der Waals surface area contributed by atoms with Gasteiger partial charge < -0.3 is 4.98 Å². The Balaban J connectivity index is 1.57. The molecule has 34 heavy (non-hydrogen) atoms. The first-order valence-electron chi connectivity index (χ1n) is 10.5. The molecule has 1 N–H and O–H groups in total. The van der Waals surface area contributed by atoms with E-state index in [1.54, 1.807) is 24.3 Å². The summed E-state index contributed by atoms with van der Waals surface area (Å²) in [6.07, 6.45) is 0. The molecule has 1 heterocycles. The fraction of sp³-hybridized carbons (Fsp3) is 0. The van der Waals surface area contributed by atoms with Crippen LogP contribution in [0.15, 0.2) is 97.1 Å². The molecule has 0 bridgehead atoms. The molecule has 0 saturated heterocycles. The first-order chi connectivity index (χ1) is 16.5. The normalized spacial score (nSPS) is 10.9. The highest BCUT2D eigenvalue weighted by Crippen LogP contribution is 2.36. The highest BCUT2D eigenvalue weighted by atomic mass is 35.5. The fourth-order valence-electron chi connectivity index (χ4n) is 3.80. The van der Waals surface area contributed by atoms with Gasteiger partial charge in [-0.2, -0.15) is 0 Å². The molecule has 0 aliphatic carbocycles. The number of imidazole rings is 1. The van der Waals surface area contributed by atoms with Gasteiger partial charge in [0, 0.05) is 33.8 Å². The number of hydrogen-bond donors (Lipinski definition) is 1. The lowest BCUT2D eigenvalue weighted by Gasteiger charge is -2.06. The molecular formula is C27H17Cl2N3O2. The number of nitro benzene ring substituents is 1. The third-order valence-corrected chi connectivity index (χ3v) is 6.07. The van der Waals surface area contributed by atoms with E-state index in [4.69, 9.17) is 28.2 Å². The minimum atomic E-state index is -0.402. The summed E-state index contributed by atoms with van der Waals surface area (Å²) in [5, 5.41) is 12.0. The molecule has 0 radical (unpaired) electrons. The number of aromatic amines is 1. The van der Waals surface area contributed by atoms with Crippen LogP contribution in [0, 0.1) is 10.1 Å². The van der Waals surface area contributed by atoms with Gasteiger partial charge in [0.15, 0.2) is 0 Å².